The highest BCUT2D eigenvalue weighted by Crippen LogP contribution is 2.29. The maximum absolute atomic E-state index is 13.6. The molecule has 6 nitrogen and oxygen atoms in total. The van der Waals surface area contributed by atoms with Crippen LogP contribution >= 0.6 is 0 Å². The molecule has 0 saturated carbocycles. The summed E-state index contributed by atoms with van der Waals surface area (Å²) in [4.78, 5) is 29.5. The number of methoxy groups -OCH3 is 1. The normalized spacial score (nSPS) is 11.6. The molecule has 1 heterocycles. The van der Waals surface area contributed by atoms with Crippen LogP contribution in [0.1, 0.15) is 36.2 Å². The molecule has 0 aliphatic heterocycles. The monoisotopic (exact) mass is 529 g/mol. The second-order valence-electron chi connectivity index (χ2n) is 9.47. The fourth-order valence-corrected chi connectivity index (χ4v) is 4.12. The van der Waals surface area contributed by atoms with Crippen LogP contribution in [0.2, 0.25) is 0 Å². The average molecular weight is 530 g/mol. The number of alkyl halides is 3. The van der Waals surface area contributed by atoms with Crippen LogP contribution in [0.5, 0.6) is 0 Å². The zero-order chi connectivity index (χ0) is 27.7. The van der Waals surface area contributed by atoms with Crippen LogP contribution in [0, 0.1) is 5.92 Å². The van der Waals surface area contributed by atoms with Crippen LogP contribution in [0.3, 0.4) is 0 Å². The minimum absolute atomic E-state index is 0.0957. The first-order chi connectivity index (χ1) is 18.1. The number of rotatable bonds is 12. The van der Waals surface area contributed by atoms with Gasteiger partial charge < -0.3 is 19.1 Å². The van der Waals surface area contributed by atoms with Gasteiger partial charge in [-0.1, -0.05) is 56.3 Å². The van der Waals surface area contributed by atoms with E-state index >= 15 is 0 Å². The summed E-state index contributed by atoms with van der Waals surface area (Å²) in [6.45, 7) is 4.86. The van der Waals surface area contributed by atoms with E-state index in [0.29, 0.717) is 25.3 Å². The fourth-order valence-electron chi connectivity index (χ4n) is 4.12. The van der Waals surface area contributed by atoms with E-state index < -0.39 is 11.7 Å². The number of aromatic nitrogens is 1. The first-order valence-corrected chi connectivity index (χ1v) is 12.5. The van der Waals surface area contributed by atoms with E-state index in [0.717, 1.165) is 23.4 Å². The summed E-state index contributed by atoms with van der Waals surface area (Å²) in [6, 6.07) is 18.4. The van der Waals surface area contributed by atoms with Crippen molar-refractivity contribution in [2.75, 3.05) is 26.8 Å². The fraction of sp³-hybridized carbons (Fsp3) is 0.379. The van der Waals surface area contributed by atoms with Gasteiger partial charge in [0.1, 0.15) is 0 Å². The average Bonchev–Trinajstić information content (AvgIpc) is 3.32. The number of amides is 2. The standard InChI is InChI=1S/C29H34F3N3O3/c1-22(2)28(37)34(15-16-38-3)21-27(36)35(18-23-9-5-4-6-10-23)20-26-13-8-14-33(26)19-24-11-7-12-25(17-24)29(30,31)32/h4-14,17,22H,15-16,18-21H2,1-3H3. The molecule has 0 radical (unpaired) electrons. The van der Waals surface area contributed by atoms with Gasteiger partial charge in [-0.15, -0.1) is 0 Å². The summed E-state index contributed by atoms with van der Waals surface area (Å²) in [5.41, 5.74) is 1.50. The maximum Gasteiger partial charge on any atom is 0.416 e. The number of carbonyl (C=O) groups excluding carboxylic acids is 2. The molecule has 9 heteroatoms. The summed E-state index contributed by atoms with van der Waals surface area (Å²) in [5.74, 6) is -0.638. The van der Waals surface area contributed by atoms with Crippen LogP contribution in [0.4, 0.5) is 13.2 Å². The molecule has 1 aromatic heterocycles. The highest BCUT2D eigenvalue weighted by atomic mass is 19.4. The van der Waals surface area contributed by atoms with Crippen molar-refractivity contribution < 1.29 is 27.5 Å². The molecule has 38 heavy (non-hydrogen) atoms. The van der Waals surface area contributed by atoms with E-state index in [4.69, 9.17) is 4.74 Å². The van der Waals surface area contributed by atoms with Crippen molar-refractivity contribution in [2.45, 2.75) is 39.7 Å². The third-order valence-electron chi connectivity index (χ3n) is 6.15. The van der Waals surface area contributed by atoms with Gasteiger partial charge in [-0.3, -0.25) is 9.59 Å². The second kappa shape index (κ2) is 13.3. The summed E-state index contributed by atoms with van der Waals surface area (Å²) in [7, 11) is 1.54. The van der Waals surface area contributed by atoms with Crippen molar-refractivity contribution in [1.29, 1.82) is 0 Å². The van der Waals surface area contributed by atoms with Crippen molar-refractivity contribution >= 4 is 11.8 Å². The molecule has 2 amide bonds. The van der Waals surface area contributed by atoms with Crippen molar-refractivity contribution in [3.05, 3.63) is 95.3 Å². The number of hydrogen-bond donors (Lipinski definition) is 0. The number of halogens is 3. The quantitative estimate of drug-likeness (QED) is 0.324. The predicted octanol–water partition coefficient (Wildman–Crippen LogP) is 5.22. The molecule has 3 rings (SSSR count). The third-order valence-corrected chi connectivity index (χ3v) is 6.15. The van der Waals surface area contributed by atoms with E-state index in [2.05, 4.69) is 0 Å². The molecule has 0 unspecified atom stereocenters. The molecule has 0 saturated heterocycles. The molecule has 0 aliphatic rings. The Morgan fingerprint density at radius 3 is 2.29 bits per heavy atom. The second-order valence-corrected chi connectivity index (χ2v) is 9.47. The van der Waals surface area contributed by atoms with E-state index in [1.807, 2.05) is 41.0 Å². The predicted molar refractivity (Wildman–Crippen MR) is 139 cm³/mol. The molecule has 0 N–H and O–H groups in total. The minimum Gasteiger partial charge on any atom is -0.383 e. The smallest absolute Gasteiger partial charge is 0.383 e. The Labute approximate surface area is 221 Å². The Kier molecular flexibility index (Phi) is 10.1. The van der Waals surface area contributed by atoms with Crippen molar-refractivity contribution in [2.24, 2.45) is 5.92 Å². The van der Waals surface area contributed by atoms with Crippen LogP contribution in [-0.4, -0.2) is 53.0 Å². The van der Waals surface area contributed by atoms with Crippen molar-refractivity contribution in [3.63, 3.8) is 0 Å². The Hall–Kier alpha value is -3.59. The number of carbonyl (C=O) groups is 2. The molecule has 0 aliphatic carbocycles. The summed E-state index contributed by atoms with van der Waals surface area (Å²) < 4.78 is 46.6. The van der Waals surface area contributed by atoms with E-state index in [9.17, 15) is 22.8 Å². The van der Waals surface area contributed by atoms with E-state index in [1.54, 1.807) is 44.2 Å². The number of hydrogen-bond acceptors (Lipinski definition) is 3. The van der Waals surface area contributed by atoms with Crippen LogP contribution in [0.15, 0.2) is 72.9 Å². The molecular formula is C29H34F3N3O3. The van der Waals surface area contributed by atoms with Gasteiger partial charge in [0.05, 0.1) is 25.3 Å². The van der Waals surface area contributed by atoms with Gasteiger partial charge in [0.2, 0.25) is 11.8 Å². The third kappa shape index (κ3) is 8.21. The lowest BCUT2D eigenvalue weighted by atomic mass is 10.1. The lowest BCUT2D eigenvalue weighted by Crippen LogP contribution is -2.45. The van der Waals surface area contributed by atoms with E-state index in [1.165, 1.54) is 11.0 Å². The molecule has 0 bridgehead atoms. The highest BCUT2D eigenvalue weighted by Gasteiger charge is 2.30. The zero-order valence-electron chi connectivity index (χ0n) is 21.9. The van der Waals surface area contributed by atoms with Gasteiger partial charge in [0.15, 0.2) is 0 Å². The zero-order valence-corrected chi connectivity index (χ0v) is 21.9. The van der Waals surface area contributed by atoms with Gasteiger partial charge in [0, 0.05) is 44.6 Å². The first-order valence-electron chi connectivity index (χ1n) is 12.5. The Morgan fingerprint density at radius 2 is 1.63 bits per heavy atom. The summed E-state index contributed by atoms with van der Waals surface area (Å²) in [5, 5.41) is 0. The van der Waals surface area contributed by atoms with Crippen molar-refractivity contribution in [1.82, 2.24) is 14.4 Å². The van der Waals surface area contributed by atoms with Gasteiger partial charge in [-0.2, -0.15) is 13.2 Å². The summed E-state index contributed by atoms with van der Waals surface area (Å²) >= 11 is 0. The highest BCUT2D eigenvalue weighted by molar-refractivity contribution is 5.85. The molecule has 0 fully saturated rings. The van der Waals surface area contributed by atoms with Gasteiger partial charge in [0.25, 0.3) is 0 Å². The molecule has 0 spiro atoms. The molecule has 2 aromatic carbocycles. The van der Waals surface area contributed by atoms with Gasteiger partial charge in [-0.25, -0.2) is 0 Å². The van der Waals surface area contributed by atoms with Crippen LogP contribution < -0.4 is 0 Å². The topological polar surface area (TPSA) is 54.8 Å². The molecule has 3 aromatic rings. The lowest BCUT2D eigenvalue weighted by Gasteiger charge is -2.29. The molecular weight excluding hydrogens is 495 g/mol. The maximum atomic E-state index is 13.6. The summed E-state index contributed by atoms with van der Waals surface area (Å²) in [6.07, 6.45) is -2.63. The first kappa shape index (κ1) is 29.0. The number of ether oxygens (including phenoxy) is 1. The Bertz CT molecular complexity index is 1190. The molecule has 0 atom stereocenters. The Morgan fingerprint density at radius 1 is 0.921 bits per heavy atom. The molecule has 204 valence electrons. The van der Waals surface area contributed by atoms with E-state index in [-0.39, 0.29) is 37.4 Å². The minimum atomic E-state index is -4.42. The number of benzene rings is 2. The van der Waals surface area contributed by atoms with Gasteiger partial charge >= 0.3 is 6.18 Å². The largest absolute Gasteiger partial charge is 0.416 e. The van der Waals surface area contributed by atoms with Crippen LogP contribution in [0.25, 0.3) is 0 Å². The van der Waals surface area contributed by atoms with Gasteiger partial charge in [-0.05, 0) is 35.4 Å². The van der Waals surface area contributed by atoms with Crippen LogP contribution in [-0.2, 0) is 40.1 Å². The number of nitrogens with zero attached hydrogens (tertiary/aromatic N) is 3. The SMILES string of the molecule is COCCN(CC(=O)N(Cc1ccccc1)Cc1cccn1Cc1cccc(C(F)(F)F)c1)C(=O)C(C)C. The Balaban J connectivity index is 1.84. The lowest BCUT2D eigenvalue weighted by molar-refractivity contribution is -0.143. The van der Waals surface area contributed by atoms with Crippen molar-refractivity contribution in [3.8, 4) is 0 Å².